The Morgan fingerprint density at radius 2 is 3.60 bits per heavy atom. The molecule has 0 spiro atoms. The van der Waals surface area contributed by atoms with Crippen molar-refractivity contribution in [2.75, 3.05) is 6.01 Å². The summed E-state index contributed by atoms with van der Waals surface area (Å²) >= 11 is 0. The fourth-order valence-electron chi connectivity index (χ4n) is 0. The van der Waals surface area contributed by atoms with Crippen molar-refractivity contribution in [1.29, 1.82) is 1.28 Å². The Hall–Kier alpha value is 1.14. The van der Waals surface area contributed by atoms with E-state index in [2.05, 4.69) is 0 Å². The quantitative estimate of drug-likeness (QED) is 0.334. The second-order valence-electron chi connectivity index (χ2n) is 0.783. The molecule has 0 aromatic heterocycles. The molecule has 0 amide bonds. The van der Waals surface area contributed by atoms with Crippen molar-refractivity contribution in [2.45, 2.75) is 0 Å². The van der Waals surface area contributed by atoms with E-state index in [0.29, 0.717) is 0 Å². The highest BCUT2D eigenvalue weighted by Crippen LogP contribution is 2.35. The van der Waals surface area contributed by atoms with E-state index >= 15 is 0 Å². The summed E-state index contributed by atoms with van der Waals surface area (Å²) in [5.41, 5.74) is 0. The molecule has 0 aliphatic rings. The first-order valence-electron chi connectivity index (χ1n) is 2.89. The lowest BCUT2D eigenvalue weighted by Crippen LogP contribution is -1.69. The van der Waals surface area contributed by atoms with Crippen LogP contribution in [-0.2, 0) is 0 Å². The molecule has 5 heavy (non-hydrogen) atoms. The fourth-order valence-corrected chi connectivity index (χ4v) is 0. The summed E-state index contributed by atoms with van der Waals surface area (Å²) in [6.45, 7) is 0. The highest BCUT2D eigenvalue weighted by Gasteiger charge is 1.78. The van der Waals surface area contributed by atoms with E-state index in [1.807, 2.05) is 0 Å². The van der Waals surface area contributed by atoms with Gasteiger partial charge in [0.05, 0.1) is 1.28 Å². The molecule has 0 saturated carbocycles. The van der Waals surface area contributed by atoms with Crippen LogP contribution in [0.1, 0.15) is 2.74 Å². The predicted octanol–water partition coefficient (Wildman–Crippen LogP) is -0.871. The van der Waals surface area contributed by atoms with Gasteiger partial charge >= 0.3 is 0 Å². The minimum atomic E-state index is -1.04. The minimum Gasteiger partial charge on any atom is -0.119 e. The van der Waals surface area contributed by atoms with Crippen LogP contribution in [0.2, 0.25) is 0 Å². The lowest BCUT2D eigenvalue weighted by molar-refractivity contribution is 2.23. The van der Waals surface area contributed by atoms with Crippen molar-refractivity contribution in [3.63, 3.8) is 0 Å². The third-order valence-electron chi connectivity index (χ3n) is 0.335. The summed E-state index contributed by atoms with van der Waals surface area (Å²) in [6.07, 6.45) is 0. The Labute approximate surface area is 44.7 Å². The van der Waals surface area contributed by atoms with Crippen molar-refractivity contribution >= 4 is 33.8 Å². The monoisotopic (exact) mass is 127 g/mol. The molecule has 0 N–H and O–H groups in total. The molecular formula is CH9BP2Si. The molecule has 0 aromatic carbocycles. The third-order valence-corrected chi connectivity index (χ3v) is 3.02. The topological polar surface area (TPSA) is 0 Å². The first-order chi connectivity index (χ1) is 3.48. The van der Waals surface area contributed by atoms with Crippen molar-refractivity contribution in [1.82, 2.24) is 0 Å². The summed E-state index contributed by atoms with van der Waals surface area (Å²) < 4.78 is 21.2. The Bertz CT molecular complexity index is 74.2. The van der Waals surface area contributed by atoms with Gasteiger partial charge in [-0.05, 0) is 0 Å². The van der Waals surface area contributed by atoms with E-state index in [1.54, 1.807) is 7.85 Å². The van der Waals surface area contributed by atoms with Crippen LogP contribution in [0.4, 0.5) is 0 Å². The smallest absolute Gasteiger partial charge is 0.106 e. The largest absolute Gasteiger partial charge is 0.119 e. The minimum absolute atomic E-state index is 0.0845. The molecule has 0 saturated heterocycles. The number of rotatable bonds is 2. The first-order valence-corrected chi connectivity index (χ1v) is 7.21. The van der Waals surface area contributed by atoms with Gasteiger partial charge in [-0.3, -0.25) is 0 Å². The summed E-state index contributed by atoms with van der Waals surface area (Å²) in [5, 5.41) is 0. The average Bonchev–Trinajstić information content (AvgIpc) is 1.62. The molecule has 3 unspecified atom stereocenters. The summed E-state index contributed by atoms with van der Waals surface area (Å²) in [5.74, 6) is 0. The van der Waals surface area contributed by atoms with Crippen molar-refractivity contribution in [2.24, 2.45) is 0 Å². The predicted molar refractivity (Wildman–Crippen MR) is 40.0 cm³/mol. The van der Waals surface area contributed by atoms with Gasteiger partial charge in [-0.2, -0.15) is 0 Å². The van der Waals surface area contributed by atoms with Gasteiger partial charge in [0.25, 0.3) is 0 Å². The Kier molecular flexibility index (Phi) is 1.63. The van der Waals surface area contributed by atoms with E-state index in [0.717, 1.165) is 9.91 Å². The molecule has 0 aromatic rings. The van der Waals surface area contributed by atoms with Gasteiger partial charge in [0.1, 0.15) is 7.85 Å². The molecule has 0 aliphatic heterocycles. The molecule has 0 aliphatic carbocycles. The van der Waals surface area contributed by atoms with Gasteiger partial charge in [0.15, 0.2) is 0 Å². The number of hydrogen-bond acceptors (Lipinski definition) is 0. The van der Waals surface area contributed by atoms with Crippen LogP contribution in [0.3, 0.4) is 0 Å². The third kappa shape index (κ3) is 5.14. The van der Waals surface area contributed by atoms with Gasteiger partial charge in [-0.1, -0.05) is 6.01 Å². The van der Waals surface area contributed by atoms with Crippen LogP contribution in [0.25, 0.3) is 0 Å². The van der Waals surface area contributed by atoms with E-state index < -0.39 is 13.2 Å². The maximum Gasteiger partial charge on any atom is 0.106 e. The van der Waals surface area contributed by atoms with Crippen molar-refractivity contribution < 1.29 is 2.74 Å². The SMILES string of the molecule is [2H]C([3H])(B)P([SiH3])P[3H]. The van der Waals surface area contributed by atoms with Gasteiger partial charge in [0, 0.05) is 12.7 Å². The van der Waals surface area contributed by atoms with Gasteiger partial charge in [-0.15, -0.1) is 16.0 Å². The number of hydrogen-bond donors (Lipinski definition) is 0. The molecular weight excluding hydrogens is 113 g/mol. The standard InChI is InChI=1S/CH9BP2Si/c2-1-4(3)5/h1-3H2,5H3/i1TD,3T. The molecule has 0 radical (unpaired) electrons. The molecule has 0 rings (SSSR count). The highest BCUT2D eigenvalue weighted by atomic mass is 32.1. The molecule has 0 heterocycles. The first kappa shape index (κ1) is 2.45. The van der Waals surface area contributed by atoms with E-state index in [1.165, 1.54) is 0 Å². The van der Waals surface area contributed by atoms with Crippen LogP contribution in [0.5, 0.6) is 0 Å². The molecule has 0 bridgehead atoms. The zero-order valence-corrected chi connectivity index (χ0v) is 7.34. The zero-order valence-electron chi connectivity index (χ0n) is 6.45. The van der Waals surface area contributed by atoms with Crippen LogP contribution in [0, 0.1) is 0 Å². The fraction of sp³-hybridized carbons (Fsp3) is 1.00. The highest BCUT2D eigenvalue weighted by molar-refractivity contribution is 8.26. The average molecular weight is 127 g/mol. The van der Waals surface area contributed by atoms with Crippen LogP contribution in [-0.4, -0.2) is 25.0 Å². The van der Waals surface area contributed by atoms with E-state index in [4.69, 9.17) is 4.02 Å². The maximum atomic E-state index is 7.15. The molecule has 0 fully saturated rings. The van der Waals surface area contributed by atoms with Gasteiger partial charge in [-0.25, -0.2) is 0 Å². The van der Waals surface area contributed by atoms with Gasteiger partial charge < -0.3 is 0 Å². The Morgan fingerprint density at radius 3 is 3.60 bits per heavy atom. The molecule has 4 heteroatoms. The molecule has 3 atom stereocenters. The summed E-state index contributed by atoms with van der Waals surface area (Å²) in [4.78, 5) is 0. The lowest BCUT2D eigenvalue weighted by Gasteiger charge is -1.92. The van der Waals surface area contributed by atoms with Crippen LogP contribution in [0.15, 0.2) is 0 Å². The van der Waals surface area contributed by atoms with Crippen molar-refractivity contribution in [3.05, 3.63) is 0 Å². The molecule has 0 nitrogen and oxygen atoms in total. The van der Waals surface area contributed by atoms with E-state index in [9.17, 15) is 0 Å². The van der Waals surface area contributed by atoms with E-state index in [-0.39, 0.29) is 8.87 Å². The second-order valence-corrected chi connectivity index (χ2v) is 9.73. The van der Waals surface area contributed by atoms with Crippen LogP contribution < -0.4 is 0 Å². The second kappa shape index (κ2) is 3.34. The maximum absolute atomic E-state index is 7.15. The van der Waals surface area contributed by atoms with Crippen LogP contribution >= 0.6 is 16.0 Å². The summed E-state index contributed by atoms with van der Waals surface area (Å²) in [7, 11) is 1.97. The zero-order chi connectivity index (χ0) is 6.78. The normalized spacial score (nSPS) is 38.8. The molecule has 30 valence electrons. The lowest BCUT2D eigenvalue weighted by atomic mass is 10.2. The Morgan fingerprint density at radius 1 is 3.00 bits per heavy atom. The Balaban J connectivity index is 3.62. The van der Waals surface area contributed by atoms with Gasteiger partial charge in [0.2, 0.25) is 0 Å². The van der Waals surface area contributed by atoms with Crippen molar-refractivity contribution in [3.8, 4) is 0 Å². The summed E-state index contributed by atoms with van der Waals surface area (Å²) in [6, 6.07) is -1.04.